The van der Waals surface area contributed by atoms with Crippen molar-refractivity contribution in [3.63, 3.8) is 0 Å². The number of rotatable bonds is 27. The fourth-order valence-electron chi connectivity index (χ4n) is 7.56. The smallest absolute Gasteiger partial charge is 0.328 e. The summed E-state index contributed by atoms with van der Waals surface area (Å²) in [6, 6.07) is 8.10. The molecule has 2 aromatic heterocycles. The van der Waals surface area contributed by atoms with Gasteiger partial charge in [0.25, 0.3) is 11.8 Å². The molecule has 1 aliphatic heterocycles. The maximum atomic E-state index is 14.0. The number of carbonyl (C=O) groups is 11. The van der Waals surface area contributed by atoms with Gasteiger partial charge in [0.2, 0.25) is 29.5 Å². The molecule has 1 radical (unpaired) electrons. The summed E-state index contributed by atoms with van der Waals surface area (Å²) in [7, 11) is 2.37. The van der Waals surface area contributed by atoms with Crippen LogP contribution in [-0.4, -0.2) is 203 Å². The third-order valence-corrected chi connectivity index (χ3v) is 12.4. The Kier molecular flexibility index (Phi) is 36.0. The zero-order chi connectivity index (χ0) is 64.2. The van der Waals surface area contributed by atoms with Crippen molar-refractivity contribution >= 4 is 77.0 Å². The van der Waals surface area contributed by atoms with Gasteiger partial charge in [0.05, 0.1) is 71.1 Å². The van der Waals surface area contributed by atoms with E-state index in [2.05, 4.69) is 72.1 Å². The summed E-state index contributed by atoms with van der Waals surface area (Å²) in [5, 5.41) is 67.3. The van der Waals surface area contributed by atoms with Gasteiger partial charge in [-0.1, -0.05) is 37.3 Å². The Morgan fingerprint density at radius 2 is 1.40 bits per heavy atom. The van der Waals surface area contributed by atoms with Gasteiger partial charge in [-0.05, 0) is 67.9 Å². The zero-order valence-electron chi connectivity index (χ0n) is 47.9. The molecular weight excluding hydrogens is 1230 g/mol. The first-order valence-corrected chi connectivity index (χ1v) is 26.5. The second kappa shape index (κ2) is 41.2. The Labute approximate surface area is 512 Å². The number of hydrogen-bond donors (Lipinski definition) is 16. The molecule has 0 bridgehead atoms. The largest absolute Gasteiger partial charge is 0.481 e. The van der Waals surface area contributed by atoms with E-state index in [0.717, 1.165) is 0 Å². The molecule has 0 saturated carbocycles. The first kappa shape index (κ1) is 76.1. The van der Waals surface area contributed by atoms with Crippen LogP contribution in [0, 0.1) is 11.4 Å². The second-order valence-corrected chi connectivity index (χ2v) is 19.0. The molecule has 1 fully saturated rings. The molecule has 2 unspecified atom stereocenters. The molecule has 1 aliphatic rings. The number of benzene rings is 1. The summed E-state index contributed by atoms with van der Waals surface area (Å²) in [5.74, 6) is -9.31. The van der Waals surface area contributed by atoms with E-state index < -0.39 is 146 Å². The number of hydrogen-bond acceptors (Lipinski definition) is 22. The molecule has 18 N–H and O–H groups in total. The van der Waals surface area contributed by atoms with Crippen LogP contribution in [0.3, 0.4) is 0 Å². The minimum atomic E-state index is -1.60. The molecule has 6 atom stereocenters. The third-order valence-electron chi connectivity index (χ3n) is 12.4. The van der Waals surface area contributed by atoms with Crippen molar-refractivity contribution in [2.45, 2.75) is 94.0 Å². The minimum absolute atomic E-state index is 0. The average molecular weight is 1310 g/mol. The number of nitrogens with zero attached hydrogens (tertiary/aromatic N) is 4. The number of aliphatic carboxylic acids is 2. The number of carbonyl (C=O) groups excluding carboxylic acids is 9. The number of carboxylic acids is 2. The summed E-state index contributed by atoms with van der Waals surface area (Å²) in [5.41, 5.74) is 17.8. The summed E-state index contributed by atoms with van der Waals surface area (Å²) in [6.07, 6.45) is 4.57. The molecule has 4 rings (SSSR count). The number of pyridine rings is 2. The molecule has 87 heavy (non-hydrogen) atoms. The molecule has 33 nitrogen and oxygen atoms in total. The molecule has 0 aliphatic carbocycles. The van der Waals surface area contributed by atoms with Gasteiger partial charge in [0.1, 0.15) is 30.2 Å². The standard InChI is InChI=1S/C35H48N12O8.C12H14N2O5.C6H13NO5.Tc/c1-20(8-7-15-40-35(36)37)29-34(55)42-19-27(48)43-25(17-28(49)50)33(54)45-24(16-21-9-3-2-4-10-21)32(53)44-23(31(52)46-29)11-5-6-14-39-30(51)22-12-13-26(47-38)41-18-22;1-18-10(15)7-9(12(17)19-2)14-11(16)8-3-5-13-6-4-8;8-2-6(3-9,4-10)7-1-5(11)12;/h2-4,9-10,12-13,18,20,23-25,29,38H,5-8,11,14-17,19H2,1H3,(H,39,51)(H,42,55)(H,43,48)(H,44,53)(H,45,54)(H,46,52)(H,49,50)(H4,36,37,40);3-6,9H,7H2,1-2H3,(H,14,16);7-10H,1-4H2,(H,11,12);/t20?,23-,24+,25-,29-;;;/m0.../s1. The van der Waals surface area contributed by atoms with Crippen molar-refractivity contribution in [1.82, 2.24) is 52.5 Å². The minimum Gasteiger partial charge on any atom is -0.481 e. The molecule has 0 spiro atoms. The van der Waals surface area contributed by atoms with E-state index in [-0.39, 0.29) is 69.8 Å². The van der Waals surface area contributed by atoms with E-state index in [1.807, 2.05) is 0 Å². The number of esters is 2. The van der Waals surface area contributed by atoms with E-state index in [4.69, 9.17) is 37.4 Å². The number of aromatic nitrogens is 2. The molecule has 1 saturated heterocycles. The number of methoxy groups -OCH3 is 2. The molecular formula is C53H75N15O18Tc. The zero-order valence-corrected chi connectivity index (χ0v) is 49.7. The predicted molar refractivity (Wildman–Crippen MR) is 301 cm³/mol. The van der Waals surface area contributed by atoms with E-state index >= 15 is 0 Å². The maximum absolute atomic E-state index is 14.0. The van der Waals surface area contributed by atoms with Gasteiger partial charge in [0.15, 0.2) is 11.8 Å². The van der Waals surface area contributed by atoms with Crippen LogP contribution in [0.5, 0.6) is 0 Å². The normalized spacial score (nSPS) is 16.8. The van der Waals surface area contributed by atoms with Crippen LogP contribution in [0.1, 0.15) is 78.1 Å². The van der Waals surface area contributed by atoms with Gasteiger partial charge >= 0.3 is 23.9 Å². The summed E-state index contributed by atoms with van der Waals surface area (Å²) in [6.45, 7) is -0.465. The first-order chi connectivity index (χ1) is 40.9. The Morgan fingerprint density at radius 1 is 0.770 bits per heavy atom. The molecule has 477 valence electrons. The predicted octanol–water partition coefficient (Wildman–Crippen LogP) is -3.59. The van der Waals surface area contributed by atoms with E-state index in [1.165, 1.54) is 57.1 Å². The van der Waals surface area contributed by atoms with E-state index in [1.54, 1.807) is 37.3 Å². The van der Waals surface area contributed by atoms with Crippen molar-refractivity contribution in [3.8, 4) is 0 Å². The van der Waals surface area contributed by atoms with Crippen molar-refractivity contribution in [1.29, 1.82) is 5.53 Å². The van der Waals surface area contributed by atoms with E-state index in [9.17, 15) is 57.8 Å². The first-order valence-electron chi connectivity index (χ1n) is 26.5. The van der Waals surface area contributed by atoms with Crippen LogP contribution in [0.25, 0.3) is 0 Å². The van der Waals surface area contributed by atoms with Crippen LogP contribution >= 0.6 is 0 Å². The topological polar surface area (TPSA) is 530 Å². The monoisotopic (exact) mass is 1310 g/mol. The molecule has 3 heterocycles. The number of nitrogens with two attached hydrogens (primary N) is 2. The van der Waals surface area contributed by atoms with Crippen LogP contribution < -0.4 is 54.0 Å². The summed E-state index contributed by atoms with van der Waals surface area (Å²) >= 11 is 0. The summed E-state index contributed by atoms with van der Waals surface area (Å²) < 4.78 is 8.98. The Balaban J connectivity index is 0.000000960. The number of guanidine groups is 1. The van der Waals surface area contributed by atoms with Gasteiger partial charge in [-0.2, -0.15) is 0 Å². The van der Waals surface area contributed by atoms with Gasteiger partial charge in [-0.25, -0.2) is 15.3 Å². The Morgan fingerprint density at radius 3 is 1.97 bits per heavy atom. The van der Waals surface area contributed by atoms with E-state index in [0.29, 0.717) is 36.8 Å². The van der Waals surface area contributed by atoms with Crippen LogP contribution in [0.2, 0.25) is 0 Å². The van der Waals surface area contributed by atoms with Gasteiger partial charge in [-0.15, -0.1) is 5.11 Å². The van der Waals surface area contributed by atoms with Crippen LogP contribution in [0.4, 0.5) is 5.82 Å². The van der Waals surface area contributed by atoms with Crippen molar-refractivity contribution in [2.24, 2.45) is 27.5 Å². The summed E-state index contributed by atoms with van der Waals surface area (Å²) in [4.78, 5) is 148. The van der Waals surface area contributed by atoms with Gasteiger partial charge in [-0.3, -0.25) is 63.2 Å². The second-order valence-electron chi connectivity index (χ2n) is 19.0. The molecule has 3 aromatic rings. The number of carboxylic acid groups (broad SMARTS) is 2. The number of aliphatic imine (C=N–C) groups is 1. The van der Waals surface area contributed by atoms with Crippen LogP contribution in [0.15, 0.2) is 83.3 Å². The fraction of sp³-hybridized carbons (Fsp3) is 0.472. The maximum Gasteiger partial charge on any atom is 0.328 e. The fourth-order valence-corrected chi connectivity index (χ4v) is 7.56. The third kappa shape index (κ3) is 29.1. The average Bonchev–Trinajstić information content (AvgIpc) is 3.81. The van der Waals surface area contributed by atoms with Crippen molar-refractivity contribution in [3.05, 3.63) is 89.9 Å². The Bertz CT molecular complexity index is 2750. The van der Waals surface area contributed by atoms with Crippen molar-refractivity contribution in [2.75, 3.05) is 60.2 Å². The number of aliphatic hydroxyl groups is 3. The SMILES string of the molecule is CC(CCCN=C(N)N)[C@@H]1NC(=O)[C@H](CCCCNC(=O)c2ccc(N=N)nc2)NC(=O)[C@@H](Cc2ccccc2)NC(=O)[C@H](CC(=O)O)NC(=O)CNC1=O.COC(=O)CC(NC(=O)c1ccncc1)C(=O)OC.O=C(O)CNC(CO)(CO)CO.[Tc]. The van der Waals surface area contributed by atoms with Crippen molar-refractivity contribution < 1.29 is 108 Å². The van der Waals surface area contributed by atoms with Crippen LogP contribution in [-0.2, 0) is 79.2 Å². The van der Waals surface area contributed by atoms with Gasteiger partial charge < -0.3 is 83.7 Å². The van der Waals surface area contributed by atoms with Gasteiger partial charge in [0, 0.05) is 63.8 Å². The number of amides is 7. The quantitative estimate of drug-likeness (QED) is 0.0115. The number of unbranched alkanes of at least 4 members (excludes halogenated alkanes) is 1. The molecule has 1 aromatic carbocycles. The molecule has 34 heteroatoms. The number of ether oxygens (including phenoxy) is 2. The number of aliphatic hydroxyl groups excluding tert-OH is 3. The molecule has 7 amide bonds. The number of nitrogens with one attached hydrogen (secondary N) is 9. The Hall–Kier alpha value is -8.95.